The number of halogens is 4. The van der Waals surface area contributed by atoms with Crippen molar-refractivity contribution < 1.29 is 18.1 Å². The zero-order valence-electron chi connectivity index (χ0n) is 7.08. The SMILES string of the molecule is O=[N+]([O-])c1cc(F)c(C(F)F)nc1CBr. The highest BCUT2D eigenvalue weighted by atomic mass is 79.9. The van der Waals surface area contributed by atoms with Gasteiger partial charge in [-0.05, 0) is 0 Å². The van der Waals surface area contributed by atoms with E-state index in [4.69, 9.17) is 0 Å². The first kappa shape index (κ1) is 11.9. The van der Waals surface area contributed by atoms with Gasteiger partial charge in [0.2, 0.25) is 0 Å². The molecule has 0 bridgehead atoms. The van der Waals surface area contributed by atoms with E-state index in [0.29, 0.717) is 6.07 Å². The Morgan fingerprint density at radius 1 is 1.60 bits per heavy atom. The number of hydrogen-bond acceptors (Lipinski definition) is 3. The summed E-state index contributed by atoms with van der Waals surface area (Å²) in [4.78, 5) is 12.7. The summed E-state index contributed by atoms with van der Waals surface area (Å²) >= 11 is 2.85. The van der Waals surface area contributed by atoms with Gasteiger partial charge in [-0.3, -0.25) is 10.1 Å². The van der Waals surface area contributed by atoms with Crippen molar-refractivity contribution >= 4 is 21.6 Å². The van der Waals surface area contributed by atoms with Crippen LogP contribution in [0.15, 0.2) is 6.07 Å². The van der Waals surface area contributed by atoms with E-state index in [-0.39, 0.29) is 11.0 Å². The normalized spacial score (nSPS) is 10.7. The molecule has 0 unspecified atom stereocenters. The van der Waals surface area contributed by atoms with Crippen LogP contribution in [0.5, 0.6) is 0 Å². The number of hydrogen-bond donors (Lipinski definition) is 0. The molecule has 0 radical (unpaired) electrons. The second-order valence-electron chi connectivity index (χ2n) is 2.51. The van der Waals surface area contributed by atoms with E-state index in [2.05, 4.69) is 20.9 Å². The third-order valence-electron chi connectivity index (χ3n) is 1.59. The minimum absolute atomic E-state index is 0.0939. The predicted molar refractivity (Wildman–Crippen MR) is 48.4 cm³/mol. The van der Waals surface area contributed by atoms with Crippen LogP contribution in [0.3, 0.4) is 0 Å². The van der Waals surface area contributed by atoms with Crippen molar-refractivity contribution in [3.05, 3.63) is 33.4 Å². The highest BCUT2D eigenvalue weighted by molar-refractivity contribution is 9.08. The van der Waals surface area contributed by atoms with Crippen molar-refractivity contribution in [1.82, 2.24) is 4.98 Å². The van der Waals surface area contributed by atoms with Gasteiger partial charge in [-0.15, -0.1) is 0 Å². The Labute approximate surface area is 90.4 Å². The number of aromatic nitrogens is 1. The minimum atomic E-state index is -3.09. The number of nitro groups is 1. The standard InChI is InChI=1S/C7H4BrF3N2O2/c8-2-4-5(13(14)15)1-3(9)6(12-4)7(10)11/h1,7H,2H2. The third-order valence-corrected chi connectivity index (χ3v) is 2.12. The molecule has 0 saturated carbocycles. The molecule has 15 heavy (non-hydrogen) atoms. The van der Waals surface area contributed by atoms with Gasteiger partial charge in [0.05, 0.1) is 16.3 Å². The zero-order valence-corrected chi connectivity index (χ0v) is 8.67. The van der Waals surface area contributed by atoms with E-state index >= 15 is 0 Å². The Morgan fingerprint density at radius 2 is 2.20 bits per heavy atom. The smallest absolute Gasteiger partial charge is 0.258 e. The second kappa shape index (κ2) is 4.56. The van der Waals surface area contributed by atoms with Gasteiger partial charge in [0.1, 0.15) is 11.4 Å². The van der Waals surface area contributed by atoms with E-state index in [1.807, 2.05) is 0 Å². The first-order chi connectivity index (χ1) is 6.97. The van der Waals surface area contributed by atoms with Crippen molar-refractivity contribution in [3.8, 4) is 0 Å². The Kier molecular flexibility index (Phi) is 3.61. The third kappa shape index (κ3) is 2.44. The van der Waals surface area contributed by atoms with Crippen LogP contribution < -0.4 is 0 Å². The average Bonchev–Trinajstić information content (AvgIpc) is 2.16. The lowest BCUT2D eigenvalue weighted by atomic mass is 10.2. The fourth-order valence-corrected chi connectivity index (χ4v) is 1.36. The maximum absolute atomic E-state index is 12.9. The van der Waals surface area contributed by atoms with Gasteiger partial charge in [-0.25, -0.2) is 18.2 Å². The Balaban J connectivity index is 3.35. The molecule has 0 aromatic carbocycles. The number of nitrogens with zero attached hydrogens (tertiary/aromatic N) is 2. The lowest BCUT2D eigenvalue weighted by molar-refractivity contribution is -0.386. The fourth-order valence-electron chi connectivity index (χ4n) is 0.943. The maximum Gasteiger partial charge on any atom is 0.294 e. The molecule has 0 atom stereocenters. The van der Waals surface area contributed by atoms with Crippen LogP contribution in [-0.2, 0) is 5.33 Å². The van der Waals surface area contributed by atoms with E-state index in [9.17, 15) is 23.3 Å². The van der Waals surface area contributed by atoms with Crippen LogP contribution in [0.25, 0.3) is 0 Å². The molecule has 0 aliphatic heterocycles. The molecule has 1 heterocycles. The molecule has 1 rings (SSSR count). The van der Waals surface area contributed by atoms with Crippen LogP contribution in [0, 0.1) is 15.9 Å². The molecule has 0 aliphatic rings. The molecule has 8 heteroatoms. The minimum Gasteiger partial charge on any atom is -0.258 e. The first-order valence-electron chi connectivity index (χ1n) is 3.65. The summed E-state index contributed by atoms with van der Waals surface area (Å²) < 4.78 is 37.3. The van der Waals surface area contributed by atoms with Crippen LogP contribution in [-0.4, -0.2) is 9.91 Å². The van der Waals surface area contributed by atoms with E-state index in [0.717, 1.165) is 0 Å². The molecule has 4 nitrogen and oxygen atoms in total. The number of pyridine rings is 1. The zero-order chi connectivity index (χ0) is 11.6. The second-order valence-corrected chi connectivity index (χ2v) is 3.07. The maximum atomic E-state index is 12.9. The van der Waals surface area contributed by atoms with Crippen molar-refractivity contribution in [3.63, 3.8) is 0 Å². The topological polar surface area (TPSA) is 56.0 Å². The van der Waals surface area contributed by atoms with E-state index in [1.54, 1.807) is 0 Å². The van der Waals surface area contributed by atoms with Crippen molar-refractivity contribution in [1.29, 1.82) is 0 Å². The lowest BCUT2D eigenvalue weighted by Crippen LogP contribution is -2.03. The molecule has 0 spiro atoms. The molecule has 0 aliphatic carbocycles. The van der Waals surface area contributed by atoms with Crippen LogP contribution >= 0.6 is 15.9 Å². The summed E-state index contributed by atoms with van der Waals surface area (Å²) in [5, 5.41) is 10.3. The van der Waals surface area contributed by atoms with Crippen molar-refractivity contribution in [2.24, 2.45) is 0 Å². The predicted octanol–water partition coefficient (Wildman–Crippen LogP) is 2.96. The molecule has 0 N–H and O–H groups in total. The first-order valence-corrected chi connectivity index (χ1v) is 4.77. The van der Waals surface area contributed by atoms with Gasteiger partial charge >= 0.3 is 0 Å². The molecule has 0 amide bonds. The van der Waals surface area contributed by atoms with Crippen molar-refractivity contribution in [2.75, 3.05) is 0 Å². The summed E-state index contributed by atoms with van der Waals surface area (Å²) in [7, 11) is 0. The molecule has 82 valence electrons. The summed E-state index contributed by atoms with van der Waals surface area (Å²) in [6, 6.07) is 0.449. The largest absolute Gasteiger partial charge is 0.294 e. The van der Waals surface area contributed by atoms with Gasteiger partial charge < -0.3 is 0 Å². The summed E-state index contributed by atoms with van der Waals surface area (Å²) in [5.74, 6) is -1.37. The highest BCUT2D eigenvalue weighted by Crippen LogP contribution is 2.26. The number of alkyl halides is 3. The number of rotatable bonds is 3. The van der Waals surface area contributed by atoms with Crippen LogP contribution in [0.1, 0.15) is 17.8 Å². The Morgan fingerprint density at radius 3 is 2.60 bits per heavy atom. The fraction of sp³-hybridized carbons (Fsp3) is 0.286. The molecule has 1 aromatic heterocycles. The van der Waals surface area contributed by atoms with Gasteiger partial charge in [0.25, 0.3) is 12.1 Å². The molecule has 0 saturated heterocycles. The monoisotopic (exact) mass is 284 g/mol. The Bertz CT molecular complexity index is 400. The lowest BCUT2D eigenvalue weighted by Gasteiger charge is -2.03. The average molecular weight is 285 g/mol. The summed E-state index contributed by atoms with van der Waals surface area (Å²) in [5.41, 5.74) is -1.92. The molecule has 1 aromatic rings. The highest BCUT2D eigenvalue weighted by Gasteiger charge is 2.23. The van der Waals surface area contributed by atoms with Crippen molar-refractivity contribution in [2.45, 2.75) is 11.8 Å². The van der Waals surface area contributed by atoms with Gasteiger partial charge in [0.15, 0.2) is 5.82 Å². The molecule has 0 fully saturated rings. The van der Waals surface area contributed by atoms with Crippen LogP contribution in [0.2, 0.25) is 0 Å². The van der Waals surface area contributed by atoms with E-state index in [1.165, 1.54) is 0 Å². The molecular weight excluding hydrogens is 281 g/mol. The van der Waals surface area contributed by atoms with E-state index < -0.39 is 28.5 Å². The molecular formula is C7H4BrF3N2O2. The quantitative estimate of drug-likeness (QED) is 0.487. The summed E-state index contributed by atoms with van der Waals surface area (Å²) in [6.07, 6.45) is -3.09. The van der Waals surface area contributed by atoms with Gasteiger partial charge in [-0.2, -0.15) is 0 Å². The van der Waals surface area contributed by atoms with Gasteiger partial charge in [-0.1, -0.05) is 15.9 Å². The van der Waals surface area contributed by atoms with Gasteiger partial charge in [0, 0.05) is 0 Å². The summed E-state index contributed by atoms with van der Waals surface area (Å²) in [6.45, 7) is 0. The van der Waals surface area contributed by atoms with Crippen LogP contribution in [0.4, 0.5) is 18.9 Å². The Hall–Kier alpha value is -1.18.